The fourth-order valence-electron chi connectivity index (χ4n) is 6.74. The van der Waals surface area contributed by atoms with Gasteiger partial charge in [-0.2, -0.15) is 31.4 Å². The first kappa shape index (κ1) is 34.8. The van der Waals surface area contributed by atoms with Crippen LogP contribution in [0.25, 0.3) is 11.1 Å². The lowest BCUT2D eigenvalue weighted by atomic mass is 9.81. The minimum absolute atomic E-state index is 0.0124. The van der Waals surface area contributed by atoms with Crippen molar-refractivity contribution in [3.8, 4) is 11.1 Å². The van der Waals surface area contributed by atoms with Crippen molar-refractivity contribution >= 4 is 15.8 Å². The van der Waals surface area contributed by atoms with Gasteiger partial charge in [-0.3, -0.25) is 14.4 Å². The molecule has 1 saturated carbocycles. The number of carbonyl (C=O) groups is 1. The van der Waals surface area contributed by atoms with E-state index in [-0.39, 0.29) is 30.0 Å². The zero-order valence-electron chi connectivity index (χ0n) is 25.0. The Bertz CT molecular complexity index is 1700. The largest absolute Gasteiger partial charge is 0.481 e. The Morgan fingerprint density at radius 1 is 0.957 bits per heavy atom. The Balaban J connectivity index is 1.56. The maximum absolute atomic E-state index is 14.8. The highest BCUT2D eigenvalue weighted by atomic mass is 32.2. The first-order valence-corrected chi connectivity index (χ1v) is 16.2. The molecule has 1 aliphatic carbocycles. The number of halogens is 7. The summed E-state index contributed by atoms with van der Waals surface area (Å²) in [5.74, 6) is -1.92. The van der Waals surface area contributed by atoms with E-state index in [0.717, 1.165) is 12.1 Å². The Labute approximate surface area is 265 Å². The summed E-state index contributed by atoms with van der Waals surface area (Å²) < 4.78 is 124. The molecule has 0 radical (unpaired) electrons. The summed E-state index contributed by atoms with van der Waals surface area (Å²) in [7, 11) is -2.83. The molecular formula is C31H32F7N3O5S. The van der Waals surface area contributed by atoms with E-state index in [1.54, 1.807) is 19.3 Å². The molecule has 2 atom stereocenters. The molecule has 8 nitrogen and oxygen atoms in total. The Kier molecular flexibility index (Phi) is 9.03. The van der Waals surface area contributed by atoms with E-state index < -0.39 is 62.2 Å². The topological polar surface area (TPSA) is 113 Å². The fourth-order valence-corrected chi connectivity index (χ4v) is 8.87. The predicted octanol–water partition coefficient (Wildman–Crippen LogP) is 5.96. The molecule has 16 heteroatoms. The molecule has 1 aromatic heterocycles. The molecule has 1 saturated heterocycles. The molecular weight excluding hydrogens is 659 g/mol. The van der Waals surface area contributed by atoms with Crippen molar-refractivity contribution in [1.29, 1.82) is 0 Å². The van der Waals surface area contributed by atoms with Crippen LogP contribution in [-0.4, -0.2) is 71.0 Å². The molecule has 0 amide bonds. The van der Waals surface area contributed by atoms with Crippen LogP contribution in [0.2, 0.25) is 0 Å². The van der Waals surface area contributed by atoms with E-state index in [0.29, 0.717) is 48.9 Å². The van der Waals surface area contributed by atoms with Gasteiger partial charge in [0.2, 0.25) is 0 Å². The number of sulfone groups is 1. The second-order valence-electron chi connectivity index (χ2n) is 12.2. The van der Waals surface area contributed by atoms with Gasteiger partial charge in [0.25, 0.3) is 0 Å². The summed E-state index contributed by atoms with van der Waals surface area (Å²) in [4.78, 5) is 12.7. The molecule has 2 aromatic carbocycles. The van der Waals surface area contributed by atoms with E-state index in [4.69, 9.17) is 0 Å². The summed E-state index contributed by atoms with van der Waals surface area (Å²) in [5.41, 5.74) is -6.56. The van der Waals surface area contributed by atoms with Gasteiger partial charge >= 0.3 is 24.0 Å². The third-order valence-corrected chi connectivity index (χ3v) is 11.9. The summed E-state index contributed by atoms with van der Waals surface area (Å²) in [6.45, 7) is -0.396. The number of alkyl halides is 7. The highest BCUT2D eigenvalue weighted by Crippen LogP contribution is 2.54. The number of aliphatic hydroxyl groups is 1. The van der Waals surface area contributed by atoms with Gasteiger partial charge in [0.15, 0.2) is 9.84 Å². The van der Waals surface area contributed by atoms with Crippen LogP contribution >= 0.6 is 0 Å². The van der Waals surface area contributed by atoms with Crippen molar-refractivity contribution in [1.82, 2.24) is 14.7 Å². The number of nitrogens with zero attached hydrogens (tertiary/aromatic N) is 3. The quantitative estimate of drug-likeness (QED) is 0.281. The van der Waals surface area contributed by atoms with Crippen molar-refractivity contribution in [2.24, 2.45) is 18.9 Å². The van der Waals surface area contributed by atoms with Gasteiger partial charge in [-0.05, 0) is 61.3 Å². The lowest BCUT2D eigenvalue weighted by Gasteiger charge is -2.36. The summed E-state index contributed by atoms with van der Waals surface area (Å²) in [6, 6.07) is 7.95. The van der Waals surface area contributed by atoms with Crippen LogP contribution in [0.3, 0.4) is 0 Å². The number of hydrogen-bond acceptors (Lipinski definition) is 6. The highest BCUT2D eigenvalue weighted by Gasteiger charge is 2.73. The normalized spacial score (nSPS) is 23.9. The number of carboxylic acid groups (broad SMARTS) is 1. The van der Waals surface area contributed by atoms with E-state index in [1.807, 2.05) is 0 Å². The number of aliphatic hydroxyl groups excluding tert-OH is 1. The first-order chi connectivity index (χ1) is 21.8. The molecule has 2 unspecified atom stereocenters. The van der Waals surface area contributed by atoms with E-state index in [9.17, 15) is 54.2 Å². The van der Waals surface area contributed by atoms with Gasteiger partial charge < -0.3 is 10.2 Å². The molecule has 47 heavy (non-hydrogen) atoms. The third kappa shape index (κ3) is 6.03. The van der Waals surface area contributed by atoms with Crippen LogP contribution < -0.4 is 0 Å². The molecule has 0 spiro atoms. The summed E-state index contributed by atoms with van der Waals surface area (Å²) >= 11 is 0. The lowest BCUT2D eigenvalue weighted by molar-refractivity contribution is -0.348. The third-order valence-electron chi connectivity index (χ3n) is 9.47. The van der Waals surface area contributed by atoms with Crippen LogP contribution in [0.1, 0.15) is 43.2 Å². The molecule has 2 heterocycles. The van der Waals surface area contributed by atoms with Gasteiger partial charge in [-0.25, -0.2) is 12.8 Å². The smallest absolute Gasteiger partial charge is 0.435 e. The maximum Gasteiger partial charge on any atom is 0.435 e. The van der Waals surface area contributed by atoms with Gasteiger partial charge in [-0.15, -0.1) is 0 Å². The average Bonchev–Trinajstić information content (AvgIpc) is 3.67. The summed E-state index contributed by atoms with van der Waals surface area (Å²) in [6.07, 6.45) is -9.62. The van der Waals surface area contributed by atoms with Crippen molar-refractivity contribution in [3.05, 3.63) is 72.1 Å². The number of aromatic nitrogens is 2. The minimum Gasteiger partial charge on any atom is -0.481 e. The molecule has 5 rings (SSSR count). The SMILES string of the molecule is Cn1cc(-c2cccc(S(=O)(=O)C3(c4ccc(C(F)(C(F)(F)F)C(F)(F)F)cc4)CCN(C(O)C4CCC(C(=O)O)CC4)C3)c2)cn1. The molecule has 0 bridgehead atoms. The van der Waals surface area contributed by atoms with Crippen molar-refractivity contribution in [2.45, 2.75) is 66.0 Å². The van der Waals surface area contributed by atoms with Crippen LogP contribution in [-0.2, 0) is 32.1 Å². The Hall–Kier alpha value is -3.50. The van der Waals surface area contributed by atoms with Crippen LogP contribution in [0.4, 0.5) is 30.7 Å². The second kappa shape index (κ2) is 12.2. The van der Waals surface area contributed by atoms with Crippen LogP contribution in [0.15, 0.2) is 65.8 Å². The average molecular weight is 692 g/mol. The number of aliphatic carboxylic acids is 1. The highest BCUT2D eigenvalue weighted by molar-refractivity contribution is 7.92. The van der Waals surface area contributed by atoms with Crippen LogP contribution in [0, 0.1) is 11.8 Å². The van der Waals surface area contributed by atoms with Gasteiger partial charge in [0, 0.05) is 37.5 Å². The second-order valence-corrected chi connectivity index (χ2v) is 14.5. The van der Waals surface area contributed by atoms with Gasteiger partial charge in [0.05, 0.1) is 17.0 Å². The molecule has 2 aliphatic rings. The van der Waals surface area contributed by atoms with E-state index in [2.05, 4.69) is 5.10 Å². The minimum atomic E-state index is -6.35. The Morgan fingerprint density at radius 3 is 2.11 bits per heavy atom. The first-order valence-electron chi connectivity index (χ1n) is 14.7. The van der Waals surface area contributed by atoms with Crippen LogP contribution in [0.5, 0.6) is 0 Å². The molecule has 3 aromatic rings. The van der Waals surface area contributed by atoms with Crippen molar-refractivity contribution in [3.63, 3.8) is 0 Å². The number of benzene rings is 2. The molecule has 1 aliphatic heterocycles. The standard InChI is InChI=1S/C31H32F7N3O5S/c1-40-17-22(16-39-40)21-3-2-4-25(15-21)47(45,46)28(13-14-41(18-28)26(42)19-5-7-20(8-6-19)27(43)44)23-9-11-24(12-10-23)29(32,30(33,34)35)31(36,37)38/h2-4,9-12,15-17,19-20,26,42H,5-8,13-14,18H2,1H3,(H,43,44). The van der Waals surface area contributed by atoms with Crippen molar-refractivity contribution in [2.75, 3.05) is 13.1 Å². The fraction of sp³-hybridized carbons (Fsp3) is 0.484. The molecule has 2 fully saturated rings. The molecule has 256 valence electrons. The monoisotopic (exact) mass is 691 g/mol. The molecule has 2 N–H and O–H groups in total. The van der Waals surface area contributed by atoms with Gasteiger partial charge in [0.1, 0.15) is 11.0 Å². The number of carboxylic acids is 1. The predicted molar refractivity (Wildman–Crippen MR) is 154 cm³/mol. The number of hydrogen-bond donors (Lipinski definition) is 2. The Morgan fingerprint density at radius 2 is 1.57 bits per heavy atom. The van der Waals surface area contributed by atoms with E-state index >= 15 is 0 Å². The zero-order valence-corrected chi connectivity index (χ0v) is 25.8. The number of aryl methyl sites for hydroxylation is 1. The van der Waals surface area contributed by atoms with E-state index in [1.165, 1.54) is 34.0 Å². The number of rotatable bonds is 8. The zero-order chi connectivity index (χ0) is 34.6. The lowest BCUT2D eigenvalue weighted by Crippen LogP contribution is -2.50. The maximum atomic E-state index is 14.8. The number of likely N-dealkylation sites (tertiary alicyclic amines) is 1. The van der Waals surface area contributed by atoms with Crippen molar-refractivity contribution < 1.29 is 54.2 Å². The summed E-state index contributed by atoms with van der Waals surface area (Å²) in [5, 5.41) is 24.7. The van der Waals surface area contributed by atoms with Gasteiger partial charge in [-0.1, -0.05) is 36.4 Å².